The number of anilines is 1. The van der Waals surface area contributed by atoms with Crippen molar-refractivity contribution in [3.63, 3.8) is 0 Å². The monoisotopic (exact) mass is 342 g/mol. The van der Waals surface area contributed by atoms with Crippen molar-refractivity contribution in [1.29, 1.82) is 0 Å². The Morgan fingerprint density at radius 3 is 2.46 bits per heavy atom. The van der Waals surface area contributed by atoms with Crippen LogP contribution in [-0.4, -0.2) is 18.3 Å². The molecule has 3 aromatic rings. The second-order valence-electron chi connectivity index (χ2n) is 5.60. The SMILES string of the molecule is CCC(=O)Nc1ccc2c(ccn2S(=O)(=O)c2ccc(C)cc2)c1. The number of hydrogen-bond donors (Lipinski definition) is 1. The fourth-order valence-electron chi connectivity index (χ4n) is 2.48. The van der Waals surface area contributed by atoms with E-state index in [1.165, 1.54) is 10.2 Å². The number of nitrogens with one attached hydrogen (secondary N) is 1. The van der Waals surface area contributed by atoms with Crippen molar-refractivity contribution in [3.8, 4) is 0 Å². The molecule has 0 saturated heterocycles. The first-order chi connectivity index (χ1) is 11.4. The standard InChI is InChI=1S/C18H18N2O3S/c1-3-18(21)19-15-6-9-17-14(12-15)10-11-20(17)24(22,23)16-7-4-13(2)5-8-16/h4-12H,3H2,1-2H3,(H,19,21). The Bertz CT molecular complexity index is 1000. The third kappa shape index (κ3) is 2.92. The van der Waals surface area contributed by atoms with Crippen LogP contribution in [0.3, 0.4) is 0 Å². The van der Waals surface area contributed by atoms with Gasteiger partial charge in [-0.25, -0.2) is 12.4 Å². The highest BCUT2D eigenvalue weighted by molar-refractivity contribution is 7.90. The highest BCUT2D eigenvalue weighted by Gasteiger charge is 2.18. The molecule has 6 heteroatoms. The molecule has 0 spiro atoms. The van der Waals surface area contributed by atoms with Crippen LogP contribution in [0.5, 0.6) is 0 Å². The van der Waals surface area contributed by atoms with Gasteiger partial charge >= 0.3 is 0 Å². The Morgan fingerprint density at radius 1 is 1.08 bits per heavy atom. The van der Waals surface area contributed by atoms with Crippen LogP contribution in [0.25, 0.3) is 10.9 Å². The van der Waals surface area contributed by atoms with Crippen molar-refractivity contribution in [3.05, 3.63) is 60.3 Å². The van der Waals surface area contributed by atoms with E-state index in [-0.39, 0.29) is 10.8 Å². The first kappa shape index (κ1) is 16.3. The molecule has 124 valence electrons. The summed E-state index contributed by atoms with van der Waals surface area (Å²) in [5.74, 6) is -0.0824. The molecule has 0 aliphatic rings. The van der Waals surface area contributed by atoms with E-state index >= 15 is 0 Å². The Balaban J connectivity index is 2.04. The summed E-state index contributed by atoms with van der Waals surface area (Å²) in [5.41, 5.74) is 2.23. The molecular weight excluding hydrogens is 324 g/mol. The fraction of sp³-hybridized carbons (Fsp3) is 0.167. The maximum atomic E-state index is 12.8. The van der Waals surface area contributed by atoms with E-state index < -0.39 is 10.0 Å². The molecule has 3 rings (SSSR count). The first-order valence-electron chi connectivity index (χ1n) is 7.65. The number of amides is 1. The van der Waals surface area contributed by atoms with Crippen LogP contribution >= 0.6 is 0 Å². The zero-order valence-corrected chi connectivity index (χ0v) is 14.3. The minimum Gasteiger partial charge on any atom is -0.326 e. The topological polar surface area (TPSA) is 68.2 Å². The number of rotatable bonds is 4. The van der Waals surface area contributed by atoms with Crippen LogP contribution in [0.1, 0.15) is 18.9 Å². The average molecular weight is 342 g/mol. The summed E-state index contributed by atoms with van der Waals surface area (Å²) < 4.78 is 26.9. The van der Waals surface area contributed by atoms with Gasteiger partial charge in [0.1, 0.15) is 0 Å². The Kier molecular flexibility index (Phi) is 4.15. The van der Waals surface area contributed by atoms with Crippen molar-refractivity contribution in [2.75, 3.05) is 5.32 Å². The Labute approximate surface area is 141 Å². The molecule has 1 aromatic heterocycles. The van der Waals surface area contributed by atoms with Crippen LogP contribution in [0, 0.1) is 6.92 Å². The Hall–Kier alpha value is -2.60. The minimum absolute atomic E-state index is 0.0824. The number of aromatic nitrogens is 1. The van der Waals surface area contributed by atoms with Crippen LogP contribution in [0.15, 0.2) is 59.6 Å². The molecule has 0 aliphatic carbocycles. The predicted octanol–water partition coefficient (Wildman–Crippen LogP) is 3.54. The van der Waals surface area contributed by atoms with E-state index in [4.69, 9.17) is 0 Å². The van der Waals surface area contributed by atoms with Gasteiger partial charge in [-0.1, -0.05) is 24.6 Å². The smallest absolute Gasteiger partial charge is 0.268 e. The molecule has 2 aromatic carbocycles. The molecule has 0 aliphatic heterocycles. The van der Waals surface area contributed by atoms with E-state index in [0.29, 0.717) is 17.6 Å². The zero-order valence-electron chi connectivity index (χ0n) is 13.5. The van der Waals surface area contributed by atoms with Crippen molar-refractivity contribution in [2.45, 2.75) is 25.2 Å². The van der Waals surface area contributed by atoms with Crippen molar-refractivity contribution in [1.82, 2.24) is 3.97 Å². The third-order valence-corrected chi connectivity index (χ3v) is 5.54. The number of carbonyl (C=O) groups excluding carboxylic acids is 1. The summed E-state index contributed by atoms with van der Waals surface area (Å²) in [7, 11) is -3.65. The van der Waals surface area contributed by atoms with Gasteiger partial charge in [0, 0.05) is 23.7 Å². The molecule has 5 nitrogen and oxygen atoms in total. The van der Waals surface area contributed by atoms with Gasteiger partial charge in [0.15, 0.2) is 0 Å². The largest absolute Gasteiger partial charge is 0.326 e. The normalized spacial score (nSPS) is 11.6. The zero-order chi connectivity index (χ0) is 17.3. The number of fused-ring (bicyclic) bond motifs is 1. The highest BCUT2D eigenvalue weighted by Crippen LogP contribution is 2.25. The predicted molar refractivity (Wildman–Crippen MR) is 94.6 cm³/mol. The van der Waals surface area contributed by atoms with Crippen LogP contribution < -0.4 is 5.32 Å². The summed E-state index contributed by atoms with van der Waals surface area (Å²) in [6, 6.07) is 13.7. The minimum atomic E-state index is -3.65. The van der Waals surface area contributed by atoms with Crippen molar-refractivity contribution >= 4 is 32.5 Å². The van der Waals surface area contributed by atoms with Crippen molar-refractivity contribution < 1.29 is 13.2 Å². The van der Waals surface area contributed by atoms with E-state index in [1.807, 2.05) is 6.92 Å². The molecular formula is C18H18N2O3S. The van der Waals surface area contributed by atoms with Crippen LogP contribution in [-0.2, 0) is 14.8 Å². The number of carbonyl (C=O) groups is 1. The van der Waals surface area contributed by atoms with Gasteiger partial charge in [0.2, 0.25) is 5.91 Å². The van der Waals surface area contributed by atoms with Gasteiger partial charge in [-0.15, -0.1) is 0 Å². The molecule has 0 atom stereocenters. The second kappa shape index (κ2) is 6.13. The maximum Gasteiger partial charge on any atom is 0.268 e. The van der Waals surface area contributed by atoms with Gasteiger partial charge in [0.25, 0.3) is 10.0 Å². The maximum absolute atomic E-state index is 12.8. The summed E-state index contributed by atoms with van der Waals surface area (Å²) in [6.45, 7) is 3.69. The number of nitrogens with zero attached hydrogens (tertiary/aromatic N) is 1. The van der Waals surface area contributed by atoms with E-state index in [9.17, 15) is 13.2 Å². The Morgan fingerprint density at radius 2 is 1.79 bits per heavy atom. The summed E-state index contributed by atoms with van der Waals surface area (Å²) in [6.07, 6.45) is 1.92. The lowest BCUT2D eigenvalue weighted by molar-refractivity contribution is -0.115. The lowest BCUT2D eigenvalue weighted by Crippen LogP contribution is -2.12. The summed E-state index contributed by atoms with van der Waals surface area (Å²) in [5, 5.41) is 3.52. The van der Waals surface area contributed by atoms with Gasteiger partial charge in [0.05, 0.1) is 10.4 Å². The lowest BCUT2D eigenvalue weighted by Gasteiger charge is -2.09. The van der Waals surface area contributed by atoms with Gasteiger partial charge in [-0.3, -0.25) is 4.79 Å². The van der Waals surface area contributed by atoms with E-state index in [2.05, 4.69) is 5.32 Å². The van der Waals surface area contributed by atoms with Crippen LogP contribution in [0.2, 0.25) is 0 Å². The van der Waals surface area contributed by atoms with E-state index in [0.717, 1.165) is 10.9 Å². The molecule has 1 heterocycles. The molecule has 0 saturated carbocycles. The second-order valence-corrected chi connectivity index (χ2v) is 7.42. The third-order valence-electron chi connectivity index (χ3n) is 3.84. The van der Waals surface area contributed by atoms with Gasteiger partial charge < -0.3 is 5.32 Å². The molecule has 0 radical (unpaired) electrons. The molecule has 0 unspecified atom stereocenters. The first-order valence-corrected chi connectivity index (χ1v) is 9.09. The quantitative estimate of drug-likeness (QED) is 0.788. The van der Waals surface area contributed by atoms with Gasteiger partial charge in [-0.2, -0.15) is 0 Å². The summed E-state index contributed by atoms with van der Waals surface area (Å²) in [4.78, 5) is 11.7. The van der Waals surface area contributed by atoms with Crippen LogP contribution in [0.4, 0.5) is 5.69 Å². The molecule has 1 N–H and O–H groups in total. The molecule has 24 heavy (non-hydrogen) atoms. The highest BCUT2D eigenvalue weighted by atomic mass is 32.2. The number of benzene rings is 2. The summed E-state index contributed by atoms with van der Waals surface area (Å²) >= 11 is 0. The molecule has 1 amide bonds. The van der Waals surface area contributed by atoms with Gasteiger partial charge in [-0.05, 0) is 43.3 Å². The van der Waals surface area contributed by atoms with Crippen molar-refractivity contribution in [2.24, 2.45) is 0 Å². The lowest BCUT2D eigenvalue weighted by atomic mass is 10.2. The number of hydrogen-bond acceptors (Lipinski definition) is 3. The number of aryl methyl sites for hydroxylation is 1. The molecule has 0 bridgehead atoms. The average Bonchev–Trinajstić information content (AvgIpc) is 2.99. The molecule has 0 fully saturated rings. The van der Waals surface area contributed by atoms with E-state index in [1.54, 1.807) is 55.5 Å². The fourth-order valence-corrected chi connectivity index (χ4v) is 3.83.